The second-order valence-corrected chi connectivity index (χ2v) is 7.20. The second kappa shape index (κ2) is 8.34. The van der Waals surface area contributed by atoms with E-state index in [2.05, 4.69) is 35.8 Å². The van der Waals surface area contributed by atoms with Crippen LogP contribution in [0.3, 0.4) is 0 Å². The zero-order valence-electron chi connectivity index (χ0n) is 16.2. The Morgan fingerprint density at radius 3 is 2.61 bits per heavy atom. The molecule has 0 saturated heterocycles. The van der Waals surface area contributed by atoms with Crippen molar-refractivity contribution in [2.75, 3.05) is 11.9 Å². The third-order valence-corrected chi connectivity index (χ3v) is 5.22. The molecule has 1 unspecified atom stereocenters. The molecule has 3 aromatic carbocycles. The van der Waals surface area contributed by atoms with Gasteiger partial charge in [-0.2, -0.15) is 0 Å². The van der Waals surface area contributed by atoms with Gasteiger partial charge in [0, 0.05) is 11.3 Å². The lowest BCUT2D eigenvalue weighted by atomic mass is 9.98. The van der Waals surface area contributed by atoms with Crippen LogP contribution in [-0.4, -0.2) is 12.5 Å². The molecule has 144 valence electrons. The van der Waals surface area contributed by atoms with Gasteiger partial charge in [-0.3, -0.25) is 4.79 Å². The molecule has 0 aliphatic carbocycles. The van der Waals surface area contributed by atoms with Gasteiger partial charge >= 0.3 is 0 Å². The van der Waals surface area contributed by atoms with Crippen molar-refractivity contribution < 1.29 is 9.53 Å². The summed E-state index contributed by atoms with van der Waals surface area (Å²) in [5, 5.41) is 8.80. The van der Waals surface area contributed by atoms with Crippen LogP contribution in [0, 0.1) is 0 Å². The first-order chi connectivity index (χ1) is 13.8. The first-order valence-electron chi connectivity index (χ1n) is 10.1. The van der Waals surface area contributed by atoms with Crippen LogP contribution in [0.25, 0.3) is 10.8 Å². The molecule has 1 heterocycles. The fraction of sp³-hybridized carbons (Fsp3) is 0.292. The van der Waals surface area contributed by atoms with E-state index in [9.17, 15) is 4.79 Å². The minimum atomic E-state index is -0.334. The van der Waals surface area contributed by atoms with Crippen molar-refractivity contribution in [1.82, 2.24) is 5.32 Å². The van der Waals surface area contributed by atoms with Gasteiger partial charge in [-0.15, -0.1) is 0 Å². The minimum absolute atomic E-state index is 0.0684. The highest BCUT2D eigenvalue weighted by molar-refractivity contribution is 6.02. The highest BCUT2D eigenvalue weighted by Gasteiger charge is 2.27. The lowest BCUT2D eigenvalue weighted by Gasteiger charge is -2.30. The van der Waals surface area contributed by atoms with E-state index < -0.39 is 0 Å². The summed E-state index contributed by atoms with van der Waals surface area (Å²) in [6.45, 7) is 2.89. The van der Waals surface area contributed by atoms with Crippen LogP contribution in [0.15, 0.2) is 60.7 Å². The monoisotopic (exact) mass is 374 g/mol. The highest BCUT2D eigenvalue weighted by atomic mass is 16.5. The quantitative estimate of drug-likeness (QED) is 0.525. The highest BCUT2D eigenvalue weighted by Crippen LogP contribution is 2.36. The fourth-order valence-corrected chi connectivity index (χ4v) is 3.76. The van der Waals surface area contributed by atoms with Crippen molar-refractivity contribution in [3.63, 3.8) is 0 Å². The number of amides is 1. The van der Waals surface area contributed by atoms with Crippen LogP contribution in [0.5, 0.6) is 5.75 Å². The average molecular weight is 374 g/mol. The maximum atomic E-state index is 12.7. The molecule has 1 aliphatic rings. The Labute approximate surface area is 165 Å². The van der Waals surface area contributed by atoms with Gasteiger partial charge in [0.2, 0.25) is 0 Å². The molecule has 1 aliphatic heterocycles. The minimum Gasteiger partial charge on any atom is -0.493 e. The van der Waals surface area contributed by atoms with E-state index in [0.717, 1.165) is 34.2 Å². The predicted octanol–water partition coefficient (Wildman–Crippen LogP) is 5.65. The number of hydrogen-bond acceptors (Lipinski definition) is 3. The smallest absolute Gasteiger partial charge is 0.255 e. The number of anilines is 1. The van der Waals surface area contributed by atoms with Gasteiger partial charge in [-0.05, 0) is 35.4 Å². The Kier molecular flexibility index (Phi) is 5.47. The molecular formula is C24H26N2O2. The second-order valence-electron chi connectivity index (χ2n) is 7.20. The number of nitrogens with one attached hydrogen (secondary N) is 2. The molecule has 0 spiro atoms. The zero-order valence-corrected chi connectivity index (χ0v) is 16.2. The molecule has 1 atom stereocenters. The van der Waals surface area contributed by atoms with Crippen molar-refractivity contribution in [2.24, 2.45) is 0 Å². The van der Waals surface area contributed by atoms with Crippen molar-refractivity contribution in [2.45, 2.75) is 38.8 Å². The predicted molar refractivity (Wildman–Crippen MR) is 114 cm³/mol. The lowest BCUT2D eigenvalue weighted by Crippen LogP contribution is -2.38. The molecule has 4 heteroatoms. The topological polar surface area (TPSA) is 50.4 Å². The van der Waals surface area contributed by atoms with E-state index >= 15 is 0 Å². The molecule has 3 aromatic rings. The molecule has 0 radical (unpaired) electrons. The molecule has 0 aromatic heterocycles. The van der Waals surface area contributed by atoms with E-state index in [-0.39, 0.29) is 12.1 Å². The number of carbonyl (C=O) groups excluding carboxylic acids is 1. The molecule has 4 nitrogen and oxygen atoms in total. The van der Waals surface area contributed by atoms with Gasteiger partial charge in [0.1, 0.15) is 11.9 Å². The summed E-state index contributed by atoms with van der Waals surface area (Å²) in [6, 6.07) is 19.9. The van der Waals surface area contributed by atoms with Crippen molar-refractivity contribution in [3.8, 4) is 5.75 Å². The van der Waals surface area contributed by atoms with Crippen molar-refractivity contribution >= 4 is 22.4 Å². The van der Waals surface area contributed by atoms with Gasteiger partial charge in [0.15, 0.2) is 0 Å². The standard InChI is InChI=1S/C24H26N2O2/c1-2-3-4-9-16-28-21-15-14-17-10-5-6-11-18(17)22(21)23-25-20-13-8-7-12-19(20)24(27)26-23/h5-8,10-15,23,25H,2-4,9,16H2,1H3,(H,26,27). The van der Waals surface area contributed by atoms with E-state index in [1.165, 1.54) is 19.3 Å². The summed E-state index contributed by atoms with van der Waals surface area (Å²) in [5.41, 5.74) is 2.50. The zero-order chi connectivity index (χ0) is 19.3. The first kappa shape index (κ1) is 18.4. The Balaban J connectivity index is 1.68. The summed E-state index contributed by atoms with van der Waals surface area (Å²) in [5.74, 6) is 0.758. The van der Waals surface area contributed by atoms with Crippen molar-refractivity contribution in [3.05, 3.63) is 71.8 Å². The van der Waals surface area contributed by atoms with Crippen LogP contribution in [-0.2, 0) is 0 Å². The third kappa shape index (κ3) is 3.68. The molecule has 2 N–H and O–H groups in total. The summed E-state index contributed by atoms with van der Waals surface area (Å²) < 4.78 is 6.18. The average Bonchev–Trinajstić information content (AvgIpc) is 2.73. The third-order valence-electron chi connectivity index (χ3n) is 5.22. The fourth-order valence-electron chi connectivity index (χ4n) is 3.76. The normalized spacial score (nSPS) is 15.6. The number of benzene rings is 3. The van der Waals surface area contributed by atoms with E-state index in [4.69, 9.17) is 4.74 Å². The number of para-hydroxylation sites is 1. The van der Waals surface area contributed by atoms with Crippen LogP contribution in [0.4, 0.5) is 5.69 Å². The molecule has 1 amide bonds. The van der Waals surface area contributed by atoms with Crippen molar-refractivity contribution in [1.29, 1.82) is 0 Å². The Morgan fingerprint density at radius 1 is 0.893 bits per heavy atom. The number of carbonyl (C=O) groups is 1. The Morgan fingerprint density at radius 2 is 1.71 bits per heavy atom. The van der Waals surface area contributed by atoms with Crippen LogP contribution in [0.1, 0.15) is 54.7 Å². The van der Waals surface area contributed by atoms with Gasteiger partial charge in [-0.1, -0.05) is 68.7 Å². The first-order valence-corrected chi connectivity index (χ1v) is 10.1. The summed E-state index contributed by atoms with van der Waals surface area (Å²) >= 11 is 0. The van der Waals surface area contributed by atoms with Crippen LogP contribution >= 0.6 is 0 Å². The number of unbranched alkanes of at least 4 members (excludes halogenated alkanes) is 3. The largest absolute Gasteiger partial charge is 0.493 e. The summed E-state index contributed by atoms with van der Waals surface area (Å²) in [6.07, 6.45) is 4.31. The summed E-state index contributed by atoms with van der Waals surface area (Å²) in [7, 11) is 0. The Hall–Kier alpha value is -3.01. The molecule has 0 saturated carbocycles. The van der Waals surface area contributed by atoms with Gasteiger partial charge in [0.05, 0.1) is 12.2 Å². The molecule has 4 rings (SSSR count). The van der Waals surface area contributed by atoms with Crippen LogP contribution < -0.4 is 15.4 Å². The molecular weight excluding hydrogens is 348 g/mol. The molecule has 0 bridgehead atoms. The van der Waals surface area contributed by atoms with Gasteiger partial charge in [-0.25, -0.2) is 0 Å². The van der Waals surface area contributed by atoms with E-state index in [0.29, 0.717) is 12.2 Å². The maximum absolute atomic E-state index is 12.7. The van der Waals surface area contributed by atoms with E-state index in [1.54, 1.807) is 0 Å². The lowest BCUT2D eigenvalue weighted by molar-refractivity contribution is 0.0935. The maximum Gasteiger partial charge on any atom is 0.255 e. The van der Waals surface area contributed by atoms with E-state index in [1.807, 2.05) is 42.5 Å². The summed E-state index contributed by atoms with van der Waals surface area (Å²) in [4.78, 5) is 12.7. The number of rotatable bonds is 7. The molecule has 0 fully saturated rings. The van der Waals surface area contributed by atoms with Gasteiger partial charge < -0.3 is 15.4 Å². The van der Waals surface area contributed by atoms with Gasteiger partial charge in [0.25, 0.3) is 5.91 Å². The SMILES string of the molecule is CCCCCCOc1ccc2ccccc2c1C1NC(=O)c2ccccc2N1. The Bertz CT molecular complexity index is 983. The number of ether oxygens (including phenoxy) is 1. The molecule has 28 heavy (non-hydrogen) atoms. The van der Waals surface area contributed by atoms with Crippen LogP contribution in [0.2, 0.25) is 0 Å². The number of hydrogen-bond donors (Lipinski definition) is 2. The number of fused-ring (bicyclic) bond motifs is 2.